The zero-order chi connectivity index (χ0) is 15.2. The van der Waals surface area contributed by atoms with Gasteiger partial charge in [-0.25, -0.2) is 0 Å². The van der Waals surface area contributed by atoms with E-state index in [1.54, 1.807) is 41.5 Å². The van der Waals surface area contributed by atoms with Gasteiger partial charge in [0.25, 0.3) is 0 Å². The smallest absolute Gasteiger partial charge is 0.348 e. The maximum Gasteiger partial charge on any atom is 0.348 e. The number of carboxylic acids is 1. The van der Waals surface area contributed by atoms with Crippen LogP contribution in [0.15, 0.2) is 0 Å². The molecule has 0 rings (SSSR count). The molecule has 1 N–H and O–H groups in total. The highest BCUT2D eigenvalue weighted by molar-refractivity contribution is 5.98. The van der Waals surface area contributed by atoms with E-state index in [0.29, 0.717) is 0 Å². The third-order valence-electron chi connectivity index (χ3n) is 1.83. The van der Waals surface area contributed by atoms with E-state index in [1.165, 1.54) is 0 Å². The Labute approximate surface area is 114 Å². The molecule has 0 aromatic heterocycles. The lowest BCUT2D eigenvalue weighted by Gasteiger charge is -2.35. The van der Waals surface area contributed by atoms with Gasteiger partial charge in [0.2, 0.25) is 5.78 Å². The molecule has 0 aliphatic carbocycles. The Kier molecular flexibility index (Phi) is 7.18. The topological polar surface area (TPSA) is 82.1 Å². The van der Waals surface area contributed by atoms with Gasteiger partial charge in [-0.15, -0.1) is 0 Å². The SMILES string of the molecule is CC(C)OC(OC(C)C)(OC(C)C)C(=O)CC(=O)O. The fourth-order valence-electron chi connectivity index (χ4n) is 1.46. The predicted octanol–water partition coefficient (Wildman–Crippen LogP) is 1.96. The highest BCUT2D eigenvalue weighted by Crippen LogP contribution is 2.25. The van der Waals surface area contributed by atoms with Crippen LogP contribution in [0.4, 0.5) is 0 Å². The molecule has 0 aliphatic heterocycles. The Morgan fingerprint density at radius 1 is 0.895 bits per heavy atom. The van der Waals surface area contributed by atoms with Gasteiger partial charge in [0, 0.05) is 0 Å². The van der Waals surface area contributed by atoms with Crippen LogP contribution in [0.5, 0.6) is 0 Å². The van der Waals surface area contributed by atoms with Crippen molar-refractivity contribution in [1.82, 2.24) is 0 Å². The van der Waals surface area contributed by atoms with E-state index in [0.717, 1.165) is 0 Å². The first-order valence-corrected chi connectivity index (χ1v) is 6.37. The largest absolute Gasteiger partial charge is 0.481 e. The minimum absolute atomic E-state index is 0.352. The molecule has 0 bridgehead atoms. The van der Waals surface area contributed by atoms with Crippen molar-refractivity contribution in [3.05, 3.63) is 0 Å². The van der Waals surface area contributed by atoms with Crippen LogP contribution in [0.1, 0.15) is 48.0 Å². The van der Waals surface area contributed by atoms with Crippen molar-refractivity contribution in [3.8, 4) is 0 Å². The van der Waals surface area contributed by atoms with Crippen molar-refractivity contribution < 1.29 is 28.9 Å². The molecule has 112 valence electrons. The van der Waals surface area contributed by atoms with E-state index in [-0.39, 0.29) is 18.3 Å². The number of ether oxygens (including phenoxy) is 3. The Bertz CT molecular complexity index is 282. The van der Waals surface area contributed by atoms with E-state index in [9.17, 15) is 9.59 Å². The third-order valence-corrected chi connectivity index (χ3v) is 1.83. The molecular weight excluding hydrogens is 252 g/mol. The van der Waals surface area contributed by atoms with E-state index >= 15 is 0 Å². The summed E-state index contributed by atoms with van der Waals surface area (Å²) in [5, 5.41) is 8.76. The van der Waals surface area contributed by atoms with Crippen molar-refractivity contribution in [2.24, 2.45) is 0 Å². The van der Waals surface area contributed by atoms with Gasteiger partial charge in [0.05, 0.1) is 18.3 Å². The number of carbonyl (C=O) groups is 2. The molecule has 0 fully saturated rings. The molecule has 6 heteroatoms. The van der Waals surface area contributed by atoms with Gasteiger partial charge in [-0.2, -0.15) is 0 Å². The van der Waals surface area contributed by atoms with Crippen LogP contribution in [-0.2, 0) is 23.8 Å². The second-order valence-electron chi connectivity index (χ2n) is 5.05. The van der Waals surface area contributed by atoms with Crippen LogP contribution in [0, 0.1) is 0 Å². The molecule has 0 amide bonds. The Hall–Kier alpha value is -0.980. The van der Waals surface area contributed by atoms with Crippen molar-refractivity contribution in [2.45, 2.75) is 72.2 Å². The molecule has 0 aromatic carbocycles. The number of aliphatic carboxylic acids is 1. The van der Waals surface area contributed by atoms with Gasteiger partial charge < -0.3 is 19.3 Å². The fraction of sp³-hybridized carbons (Fsp3) is 0.846. The molecule has 0 atom stereocenters. The third kappa shape index (κ3) is 6.66. The number of ketones is 1. The van der Waals surface area contributed by atoms with Gasteiger partial charge >= 0.3 is 11.9 Å². The molecule has 0 aromatic rings. The minimum Gasteiger partial charge on any atom is -0.481 e. The molecule has 0 unspecified atom stereocenters. The number of hydrogen-bond acceptors (Lipinski definition) is 5. The fourth-order valence-corrected chi connectivity index (χ4v) is 1.46. The average Bonchev–Trinajstić information content (AvgIpc) is 2.12. The van der Waals surface area contributed by atoms with Crippen LogP contribution in [0.2, 0.25) is 0 Å². The summed E-state index contributed by atoms with van der Waals surface area (Å²) in [5.41, 5.74) is 0. The summed E-state index contributed by atoms with van der Waals surface area (Å²) in [5.74, 6) is -3.97. The first-order valence-electron chi connectivity index (χ1n) is 6.37. The monoisotopic (exact) mass is 276 g/mol. The molecule has 0 radical (unpaired) electrons. The summed E-state index contributed by atoms with van der Waals surface area (Å²) < 4.78 is 16.4. The molecule has 0 saturated carbocycles. The molecule has 19 heavy (non-hydrogen) atoms. The first-order chi connectivity index (χ1) is 8.59. The second-order valence-corrected chi connectivity index (χ2v) is 5.05. The zero-order valence-corrected chi connectivity index (χ0v) is 12.4. The van der Waals surface area contributed by atoms with Crippen LogP contribution in [-0.4, -0.2) is 41.1 Å². The first kappa shape index (κ1) is 18.0. The maximum absolute atomic E-state index is 12.1. The lowest BCUT2D eigenvalue weighted by molar-refractivity contribution is -0.382. The Balaban J connectivity index is 5.31. The van der Waals surface area contributed by atoms with Crippen molar-refractivity contribution in [3.63, 3.8) is 0 Å². The van der Waals surface area contributed by atoms with Gasteiger partial charge in [-0.05, 0) is 41.5 Å². The maximum atomic E-state index is 12.1. The van der Waals surface area contributed by atoms with E-state index < -0.39 is 24.1 Å². The van der Waals surface area contributed by atoms with Crippen LogP contribution in [0.25, 0.3) is 0 Å². The summed E-state index contributed by atoms with van der Waals surface area (Å²) in [7, 11) is 0. The summed E-state index contributed by atoms with van der Waals surface area (Å²) in [4.78, 5) is 22.9. The Morgan fingerprint density at radius 3 is 1.42 bits per heavy atom. The van der Waals surface area contributed by atoms with E-state index in [4.69, 9.17) is 19.3 Å². The highest BCUT2D eigenvalue weighted by Gasteiger charge is 2.45. The second kappa shape index (κ2) is 7.57. The molecule has 6 nitrogen and oxygen atoms in total. The van der Waals surface area contributed by atoms with Crippen LogP contribution in [0.3, 0.4) is 0 Å². The quantitative estimate of drug-likeness (QED) is 0.512. The number of carbonyl (C=O) groups excluding carboxylic acids is 1. The van der Waals surface area contributed by atoms with Gasteiger partial charge in [-0.1, -0.05) is 0 Å². The molecule has 0 heterocycles. The zero-order valence-electron chi connectivity index (χ0n) is 12.4. The summed E-state index contributed by atoms with van der Waals surface area (Å²) in [6.45, 7) is 10.3. The van der Waals surface area contributed by atoms with Crippen molar-refractivity contribution >= 4 is 11.8 Å². The molecule has 0 spiro atoms. The lowest BCUT2D eigenvalue weighted by Crippen LogP contribution is -2.52. The normalized spacial score (nSPS) is 12.5. The Morgan fingerprint density at radius 2 is 1.21 bits per heavy atom. The summed E-state index contributed by atoms with van der Waals surface area (Å²) in [6, 6.07) is 0. The standard InChI is InChI=1S/C13H24O6/c1-8(2)17-13(18-9(3)4,19-10(5)6)11(14)7-12(15)16/h8-10H,7H2,1-6H3,(H,15,16). The van der Waals surface area contributed by atoms with Crippen molar-refractivity contribution in [1.29, 1.82) is 0 Å². The molecular formula is C13H24O6. The van der Waals surface area contributed by atoms with Gasteiger partial charge in [-0.3, -0.25) is 9.59 Å². The van der Waals surface area contributed by atoms with E-state index in [1.807, 2.05) is 0 Å². The molecule has 0 saturated heterocycles. The lowest BCUT2D eigenvalue weighted by atomic mass is 10.2. The van der Waals surface area contributed by atoms with E-state index in [2.05, 4.69) is 0 Å². The average molecular weight is 276 g/mol. The summed E-state index contributed by atoms with van der Waals surface area (Å²) >= 11 is 0. The van der Waals surface area contributed by atoms with Crippen molar-refractivity contribution in [2.75, 3.05) is 0 Å². The highest BCUT2D eigenvalue weighted by atomic mass is 16.9. The van der Waals surface area contributed by atoms with Gasteiger partial charge in [0.1, 0.15) is 6.42 Å². The number of carboxylic acid groups (broad SMARTS) is 1. The van der Waals surface area contributed by atoms with Crippen LogP contribution >= 0.6 is 0 Å². The number of hydrogen-bond donors (Lipinski definition) is 1. The number of rotatable bonds is 9. The number of Topliss-reactive ketones (excluding diaryl/α,β-unsaturated/α-hetero) is 1. The molecule has 0 aliphatic rings. The predicted molar refractivity (Wildman–Crippen MR) is 68.7 cm³/mol. The summed E-state index contributed by atoms with van der Waals surface area (Å²) in [6.07, 6.45) is -1.77. The van der Waals surface area contributed by atoms with Gasteiger partial charge in [0.15, 0.2) is 0 Å². The van der Waals surface area contributed by atoms with Crippen LogP contribution < -0.4 is 0 Å². The minimum atomic E-state index is -1.96.